The number of hydrogen-bond acceptors (Lipinski definition) is 3. The molecule has 0 spiro atoms. The summed E-state index contributed by atoms with van der Waals surface area (Å²) >= 11 is 0. The Balaban J connectivity index is 1.96. The van der Waals surface area contributed by atoms with Crippen LogP contribution in [0, 0.1) is 0 Å². The number of benzene rings is 3. The highest BCUT2D eigenvalue weighted by Gasteiger charge is 2.31. The van der Waals surface area contributed by atoms with Gasteiger partial charge in [0.15, 0.2) is 0 Å². The zero-order chi connectivity index (χ0) is 19.3. The molecule has 0 aliphatic heterocycles. The lowest BCUT2D eigenvalue weighted by Gasteiger charge is -2.15. The smallest absolute Gasteiger partial charge is 0.488 e. The Labute approximate surface area is 154 Å². The van der Waals surface area contributed by atoms with Crippen molar-refractivity contribution in [3.05, 3.63) is 83.9 Å². The summed E-state index contributed by atoms with van der Waals surface area (Å²) in [7, 11) is 0. The maximum Gasteiger partial charge on any atom is 0.573 e. The van der Waals surface area contributed by atoms with E-state index in [-0.39, 0.29) is 18.1 Å². The molecule has 0 unspecified atom stereocenters. The first-order valence-electron chi connectivity index (χ1n) is 8.07. The molecule has 0 bridgehead atoms. The van der Waals surface area contributed by atoms with E-state index >= 15 is 0 Å². The van der Waals surface area contributed by atoms with Gasteiger partial charge in [0, 0.05) is 17.2 Å². The van der Waals surface area contributed by atoms with Crippen molar-refractivity contribution in [3.63, 3.8) is 0 Å². The molecule has 0 heterocycles. The fourth-order valence-electron chi connectivity index (χ4n) is 2.57. The van der Waals surface area contributed by atoms with Crippen LogP contribution >= 0.6 is 0 Å². The fraction of sp³-hybridized carbons (Fsp3) is 0.0952. The van der Waals surface area contributed by atoms with Gasteiger partial charge >= 0.3 is 6.36 Å². The molecule has 138 valence electrons. The van der Waals surface area contributed by atoms with E-state index in [1.54, 1.807) is 24.3 Å². The molecule has 0 saturated heterocycles. The maximum absolute atomic E-state index is 12.5. The molecule has 3 nitrogen and oxygen atoms in total. The monoisotopic (exact) mass is 372 g/mol. The number of aldehydes is 1. The lowest BCUT2D eigenvalue weighted by molar-refractivity contribution is -0.274. The normalized spacial score (nSPS) is 11.1. The topological polar surface area (TPSA) is 35.5 Å². The van der Waals surface area contributed by atoms with Crippen LogP contribution in [0.3, 0.4) is 0 Å². The summed E-state index contributed by atoms with van der Waals surface area (Å²) in [6.45, 7) is 0.177. The number of carbonyl (C=O) groups is 1. The summed E-state index contributed by atoms with van der Waals surface area (Å²) in [5, 5.41) is 0. The first-order chi connectivity index (χ1) is 12.9. The van der Waals surface area contributed by atoms with E-state index < -0.39 is 6.36 Å². The van der Waals surface area contributed by atoms with Crippen molar-refractivity contribution in [3.8, 4) is 22.6 Å². The molecular weight excluding hydrogens is 357 g/mol. The Morgan fingerprint density at radius 1 is 0.889 bits per heavy atom. The van der Waals surface area contributed by atoms with E-state index in [1.807, 2.05) is 30.3 Å². The predicted octanol–water partition coefficient (Wildman–Crippen LogP) is 5.64. The van der Waals surface area contributed by atoms with Gasteiger partial charge in [0.05, 0.1) is 0 Å². The minimum Gasteiger partial charge on any atom is -0.488 e. The Morgan fingerprint density at radius 2 is 1.67 bits per heavy atom. The van der Waals surface area contributed by atoms with Crippen molar-refractivity contribution >= 4 is 6.29 Å². The van der Waals surface area contributed by atoms with E-state index in [0.29, 0.717) is 23.0 Å². The Kier molecular flexibility index (Phi) is 5.45. The second-order valence-electron chi connectivity index (χ2n) is 5.72. The van der Waals surface area contributed by atoms with E-state index in [2.05, 4.69) is 4.74 Å². The number of hydrogen-bond donors (Lipinski definition) is 0. The average Bonchev–Trinajstić information content (AvgIpc) is 2.66. The number of rotatable bonds is 6. The number of ether oxygens (including phenoxy) is 2. The van der Waals surface area contributed by atoms with Gasteiger partial charge in [-0.05, 0) is 29.3 Å². The number of alkyl halides is 3. The summed E-state index contributed by atoms with van der Waals surface area (Å²) in [5.74, 6) is -0.149. The zero-order valence-electron chi connectivity index (χ0n) is 14.1. The molecule has 3 aromatic carbocycles. The third kappa shape index (κ3) is 5.10. The van der Waals surface area contributed by atoms with Gasteiger partial charge < -0.3 is 9.47 Å². The minimum atomic E-state index is -4.80. The second-order valence-corrected chi connectivity index (χ2v) is 5.72. The van der Waals surface area contributed by atoms with E-state index in [0.717, 1.165) is 5.56 Å². The summed E-state index contributed by atoms with van der Waals surface area (Å²) in [4.78, 5) is 11.0. The van der Waals surface area contributed by atoms with Crippen molar-refractivity contribution in [2.45, 2.75) is 13.0 Å². The van der Waals surface area contributed by atoms with Crippen molar-refractivity contribution in [1.29, 1.82) is 0 Å². The van der Waals surface area contributed by atoms with Gasteiger partial charge in [-0.2, -0.15) is 0 Å². The largest absolute Gasteiger partial charge is 0.573 e. The third-order valence-corrected chi connectivity index (χ3v) is 3.76. The van der Waals surface area contributed by atoms with Gasteiger partial charge in [0.2, 0.25) is 0 Å². The molecule has 0 radical (unpaired) electrons. The molecular formula is C21H15F3O3. The molecule has 0 atom stereocenters. The standard InChI is InChI=1S/C21H15F3O3/c22-21(23,24)27-18-9-10-19(17-8-4-7-16(11-17)13-25)20(12-18)26-14-15-5-2-1-3-6-15/h1-13H,14H2. The maximum atomic E-state index is 12.5. The van der Waals surface area contributed by atoms with Crippen LogP contribution < -0.4 is 9.47 Å². The van der Waals surface area contributed by atoms with Crippen LogP contribution in [0.4, 0.5) is 13.2 Å². The lowest BCUT2D eigenvalue weighted by Crippen LogP contribution is -2.17. The van der Waals surface area contributed by atoms with Gasteiger partial charge in [-0.15, -0.1) is 13.2 Å². The SMILES string of the molecule is O=Cc1cccc(-c2ccc(OC(F)(F)F)cc2OCc2ccccc2)c1. The van der Waals surface area contributed by atoms with Crippen LogP contribution in [0.25, 0.3) is 11.1 Å². The highest BCUT2D eigenvalue weighted by molar-refractivity contribution is 5.80. The summed E-state index contributed by atoms with van der Waals surface area (Å²) in [6.07, 6.45) is -4.09. The molecule has 0 amide bonds. The molecule has 3 aromatic rings. The lowest BCUT2D eigenvalue weighted by atomic mass is 10.0. The fourth-order valence-corrected chi connectivity index (χ4v) is 2.57. The van der Waals surface area contributed by atoms with E-state index in [4.69, 9.17) is 4.74 Å². The molecule has 6 heteroatoms. The molecule has 0 saturated carbocycles. The molecule has 3 rings (SSSR count). The molecule has 0 N–H and O–H groups in total. The summed E-state index contributed by atoms with van der Waals surface area (Å²) < 4.78 is 47.4. The van der Waals surface area contributed by atoms with Gasteiger partial charge in [-0.25, -0.2) is 0 Å². The number of carbonyl (C=O) groups excluding carboxylic acids is 1. The Hall–Kier alpha value is -3.28. The van der Waals surface area contributed by atoms with Crippen LogP contribution in [0.1, 0.15) is 15.9 Å². The van der Waals surface area contributed by atoms with Gasteiger partial charge in [-0.1, -0.05) is 48.5 Å². The van der Waals surface area contributed by atoms with Crippen LogP contribution in [0.15, 0.2) is 72.8 Å². The molecule has 0 aromatic heterocycles. The van der Waals surface area contributed by atoms with Crippen molar-refractivity contribution < 1.29 is 27.4 Å². The van der Waals surface area contributed by atoms with Crippen LogP contribution in [-0.4, -0.2) is 12.6 Å². The van der Waals surface area contributed by atoms with E-state index in [9.17, 15) is 18.0 Å². The highest BCUT2D eigenvalue weighted by Crippen LogP contribution is 2.36. The van der Waals surface area contributed by atoms with Gasteiger partial charge in [-0.3, -0.25) is 4.79 Å². The summed E-state index contributed by atoms with van der Waals surface area (Å²) in [5.41, 5.74) is 2.54. The Morgan fingerprint density at radius 3 is 2.37 bits per heavy atom. The minimum absolute atomic E-state index is 0.177. The van der Waals surface area contributed by atoms with Crippen LogP contribution in [0.5, 0.6) is 11.5 Å². The van der Waals surface area contributed by atoms with Crippen LogP contribution in [0.2, 0.25) is 0 Å². The van der Waals surface area contributed by atoms with E-state index in [1.165, 1.54) is 18.2 Å². The van der Waals surface area contributed by atoms with Gasteiger partial charge in [0.1, 0.15) is 24.4 Å². The second kappa shape index (κ2) is 7.95. The molecule has 27 heavy (non-hydrogen) atoms. The summed E-state index contributed by atoms with van der Waals surface area (Å²) in [6, 6.07) is 19.9. The van der Waals surface area contributed by atoms with Crippen molar-refractivity contribution in [1.82, 2.24) is 0 Å². The van der Waals surface area contributed by atoms with Crippen molar-refractivity contribution in [2.75, 3.05) is 0 Å². The molecule has 0 fully saturated rings. The third-order valence-electron chi connectivity index (χ3n) is 3.76. The van der Waals surface area contributed by atoms with Crippen LogP contribution in [-0.2, 0) is 6.61 Å². The predicted molar refractivity (Wildman–Crippen MR) is 94.7 cm³/mol. The quantitative estimate of drug-likeness (QED) is 0.525. The molecule has 0 aliphatic carbocycles. The average molecular weight is 372 g/mol. The zero-order valence-corrected chi connectivity index (χ0v) is 14.1. The first-order valence-corrected chi connectivity index (χ1v) is 8.07. The van der Waals surface area contributed by atoms with Crippen molar-refractivity contribution in [2.24, 2.45) is 0 Å². The first kappa shape index (κ1) is 18.5. The highest BCUT2D eigenvalue weighted by atomic mass is 19.4. The number of halogens is 3. The Bertz CT molecular complexity index is 921. The van der Waals surface area contributed by atoms with Gasteiger partial charge in [0.25, 0.3) is 0 Å². The molecule has 0 aliphatic rings.